The fourth-order valence-corrected chi connectivity index (χ4v) is 3.95. The first-order valence-electron chi connectivity index (χ1n) is 10.5. The standard InChI is InChI=1S/C26H26N2O4/c1-6-20(26(5)23(29)31-22(27-26)17-12-8-7-9-13-17)19-16-28(24(30)32-25(2,3)4)21-15-11-10-14-18(19)21/h6-16,20H,1H2,2-5H3/t20-,26+/m1/s1. The van der Waals surface area contributed by atoms with Crippen LogP contribution >= 0.6 is 0 Å². The molecule has 0 radical (unpaired) electrons. The average molecular weight is 431 g/mol. The zero-order valence-corrected chi connectivity index (χ0v) is 18.7. The molecule has 2 aromatic carbocycles. The highest BCUT2D eigenvalue weighted by molar-refractivity contribution is 6.08. The van der Waals surface area contributed by atoms with Gasteiger partial charge in [0.2, 0.25) is 5.90 Å². The first-order valence-corrected chi connectivity index (χ1v) is 10.5. The SMILES string of the molecule is C=C[C@H](c1cn(C(=O)OC(C)(C)C)c2ccccc12)[C@]1(C)N=C(c2ccccc2)OC1=O. The molecule has 1 aliphatic rings. The maximum absolute atomic E-state index is 13.0. The molecule has 0 saturated carbocycles. The van der Waals surface area contributed by atoms with E-state index in [1.165, 1.54) is 4.57 Å². The van der Waals surface area contributed by atoms with Gasteiger partial charge in [0.15, 0.2) is 5.54 Å². The van der Waals surface area contributed by atoms with Crippen LogP contribution in [0.15, 0.2) is 78.4 Å². The molecule has 6 heteroatoms. The number of fused-ring (bicyclic) bond motifs is 1. The van der Waals surface area contributed by atoms with Crippen molar-refractivity contribution in [2.45, 2.75) is 44.8 Å². The van der Waals surface area contributed by atoms with Crippen LogP contribution < -0.4 is 0 Å². The third-order valence-corrected chi connectivity index (χ3v) is 5.47. The Balaban J connectivity index is 1.82. The van der Waals surface area contributed by atoms with Gasteiger partial charge in [-0.1, -0.05) is 42.5 Å². The molecule has 32 heavy (non-hydrogen) atoms. The molecule has 0 fully saturated rings. The monoisotopic (exact) mass is 430 g/mol. The molecule has 0 saturated heterocycles. The lowest BCUT2D eigenvalue weighted by atomic mass is 9.81. The molecule has 0 amide bonds. The average Bonchev–Trinajstić information content (AvgIpc) is 3.27. The smallest absolute Gasteiger partial charge is 0.419 e. The summed E-state index contributed by atoms with van der Waals surface area (Å²) in [6.45, 7) is 11.2. The van der Waals surface area contributed by atoms with Crippen LogP contribution in [-0.2, 0) is 14.3 Å². The predicted octanol–water partition coefficient (Wildman–Crippen LogP) is 5.46. The van der Waals surface area contributed by atoms with Gasteiger partial charge in [0.05, 0.1) is 5.52 Å². The molecular formula is C26H26N2O4. The summed E-state index contributed by atoms with van der Waals surface area (Å²) in [6.07, 6.45) is 2.90. The maximum atomic E-state index is 13.0. The number of ether oxygens (including phenoxy) is 2. The number of nitrogens with zero attached hydrogens (tertiary/aromatic N) is 2. The minimum absolute atomic E-state index is 0.279. The zero-order chi connectivity index (χ0) is 23.1. The van der Waals surface area contributed by atoms with Crippen molar-refractivity contribution in [2.75, 3.05) is 0 Å². The van der Waals surface area contributed by atoms with E-state index in [1.54, 1.807) is 19.2 Å². The number of cyclic esters (lactones) is 1. The highest BCUT2D eigenvalue weighted by Gasteiger charge is 2.48. The van der Waals surface area contributed by atoms with Gasteiger partial charge in [-0.3, -0.25) is 4.57 Å². The van der Waals surface area contributed by atoms with E-state index >= 15 is 0 Å². The van der Waals surface area contributed by atoms with Gasteiger partial charge in [-0.15, -0.1) is 6.58 Å². The second kappa shape index (κ2) is 7.79. The van der Waals surface area contributed by atoms with E-state index in [2.05, 4.69) is 11.6 Å². The van der Waals surface area contributed by atoms with Gasteiger partial charge >= 0.3 is 12.1 Å². The number of aliphatic imine (C=N–C) groups is 1. The number of benzene rings is 2. The van der Waals surface area contributed by atoms with Crippen molar-refractivity contribution in [3.8, 4) is 0 Å². The van der Waals surface area contributed by atoms with E-state index in [4.69, 9.17) is 9.47 Å². The van der Waals surface area contributed by atoms with Crippen molar-refractivity contribution in [3.05, 3.63) is 84.6 Å². The zero-order valence-electron chi connectivity index (χ0n) is 18.7. The van der Waals surface area contributed by atoms with Gasteiger partial charge in [-0.05, 0) is 51.5 Å². The van der Waals surface area contributed by atoms with E-state index in [0.29, 0.717) is 5.52 Å². The normalized spacial score (nSPS) is 19.4. The minimum atomic E-state index is -1.23. The molecule has 6 nitrogen and oxygen atoms in total. The third-order valence-electron chi connectivity index (χ3n) is 5.47. The van der Waals surface area contributed by atoms with E-state index in [1.807, 2.05) is 75.4 Å². The Kier molecular flexibility index (Phi) is 5.25. The van der Waals surface area contributed by atoms with Gasteiger partial charge < -0.3 is 9.47 Å². The van der Waals surface area contributed by atoms with Crippen LogP contribution in [0.4, 0.5) is 4.79 Å². The summed E-state index contributed by atoms with van der Waals surface area (Å²) in [5.41, 5.74) is 0.292. The maximum Gasteiger partial charge on any atom is 0.419 e. The lowest BCUT2D eigenvalue weighted by molar-refractivity contribution is -0.138. The molecule has 2 heterocycles. The van der Waals surface area contributed by atoms with Crippen LogP contribution in [0.1, 0.15) is 44.7 Å². The van der Waals surface area contributed by atoms with Gasteiger partial charge in [-0.25, -0.2) is 14.6 Å². The van der Waals surface area contributed by atoms with Crippen LogP contribution in [0.5, 0.6) is 0 Å². The van der Waals surface area contributed by atoms with Crippen molar-refractivity contribution in [3.63, 3.8) is 0 Å². The van der Waals surface area contributed by atoms with E-state index in [9.17, 15) is 9.59 Å². The summed E-state index contributed by atoms with van der Waals surface area (Å²) in [4.78, 5) is 30.6. The second-order valence-electron chi connectivity index (χ2n) is 8.99. The fourth-order valence-electron chi connectivity index (χ4n) is 3.95. The number of carbonyl (C=O) groups excluding carboxylic acids is 2. The van der Waals surface area contributed by atoms with Crippen LogP contribution in [0.2, 0.25) is 0 Å². The molecule has 3 aromatic rings. The largest absolute Gasteiger partial charge is 0.443 e. The number of carbonyl (C=O) groups is 2. The summed E-state index contributed by atoms with van der Waals surface area (Å²) in [5, 5.41) is 0.820. The number of para-hydroxylation sites is 1. The number of esters is 1. The lowest BCUT2D eigenvalue weighted by Crippen LogP contribution is -2.36. The Bertz CT molecular complexity index is 1230. The molecule has 0 unspecified atom stereocenters. The summed E-state index contributed by atoms with van der Waals surface area (Å²) < 4.78 is 12.6. The molecule has 164 valence electrons. The molecule has 2 atom stereocenters. The fraction of sp³-hybridized carbons (Fsp3) is 0.269. The molecule has 0 N–H and O–H groups in total. The second-order valence-corrected chi connectivity index (χ2v) is 8.99. The van der Waals surface area contributed by atoms with Gasteiger partial charge in [-0.2, -0.15) is 0 Å². The molecule has 4 rings (SSSR count). The van der Waals surface area contributed by atoms with Crippen molar-refractivity contribution in [2.24, 2.45) is 4.99 Å². The Hall–Kier alpha value is -3.67. The van der Waals surface area contributed by atoms with Crippen LogP contribution in [0.3, 0.4) is 0 Å². The van der Waals surface area contributed by atoms with E-state index in [-0.39, 0.29) is 5.90 Å². The molecule has 1 aromatic heterocycles. The molecule has 1 aliphatic heterocycles. The Labute approximate surface area is 187 Å². The number of hydrogen-bond acceptors (Lipinski definition) is 5. The third kappa shape index (κ3) is 3.73. The van der Waals surface area contributed by atoms with Crippen molar-refractivity contribution in [1.82, 2.24) is 4.57 Å². The molecular weight excluding hydrogens is 404 g/mol. The topological polar surface area (TPSA) is 69.9 Å². The van der Waals surface area contributed by atoms with Gasteiger partial charge in [0.25, 0.3) is 0 Å². The highest BCUT2D eigenvalue weighted by Crippen LogP contribution is 2.41. The van der Waals surface area contributed by atoms with Crippen molar-refractivity contribution < 1.29 is 19.1 Å². The molecule has 0 bridgehead atoms. The Morgan fingerprint density at radius 2 is 1.81 bits per heavy atom. The minimum Gasteiger partial charge on any atom is -0.443 e. The predicted molar refractivity (Wildman–Crippen MR) is 124 cm³/mol. The summed E-state index contributed by atoms with van der Waals surface area (Å²) in [5.74, 6) is -0.707. The van der Waals surface area contributed by atoms with Crippen molar-refractivity contribution >= 4 is 28.9 Å². The molecule has 0 spiro atoms. The first-order chi connectivity index (χ1) is 15.1. The van der Waals surface area contributed by atoms with E-state index < -0.39 is 29.1 Å². The Morgan fingerprint density at radius 3 is 2.47 bits per heavy atom. The first kappa shape index (κ1) is 21.6. The lowest BCUT2D eigenvalue weighted by Gasteiger charge is -2.25. The van der Waals surface area contributed by atoms with Gasteiger partial charge in [0.1, 0.15) is 5.60 Å². The number of aromatic nitrogens is 1. The van der Waals surface area contributed by atoms with Crippen LogP contribution in [0.25, 0.3) is 10.9 Å². The van der Waals surface area contributed by atoms with Gasteiger partial charge in [0, 0.05) is 23.1 Å². The van der Waals surface area contributed by atoms with E-state index in [0.717, 1.165) is 16.5 Å². The number of hydrogen-bond donors (Lipinski definition) is 0. The summed E-state index contributed by atoms with van der Waals surface area (Å²) in [7, 11) is 0. The quantitative estimate of drug-likeness (QED) is 0.407. The summed E-state index contributed by atoms with van der Waals surface area (Å²) in [6, 6.07) is 16.8. The Morgan fingerprint density at radius 1 is 1.16 bits per heavy atom. The van der Waals surface area contributed by atoms with Crippen LogP contribution in [0, 0.1) is 0 Å². The van der Waals surface area contributed by atoms with Crippen LogP contribution in [-0.4, -0.2) is 33.7 Å². The highest BCUT2D eigenvalue weighted by atomic mass is 16.6. The number of rotatable bonds is 4. The molecule has 0 aliphatic carbocycles. The summed E-state index contributed by atoms with van der Waals surface area (Å²) >= 11 is 0. The van der Waals surface area contributed by atoms with Crippen molar-refractivity contribution in [1.29, 1.82) is 0 Å².